The summed E-state index contributed by atoms with van der Waals surface area (Å²) in [5.74, 6) is 1.58. The topological polar surface area (TPSA) is 56.7 Å². The van der Waals surface area contributed by atoms with Crippen LogP contribution in [0, 0.1) is 11.8 Å². The highest BCUT2D eigenvalue weighted by molar-refractivity contribution is 5.86. The summed E-state index contributed by atoms with van der Waals surface area (Å²) in [6.07, 6.45) is 2.74. The van der Waals surface area contributed by atoms with E-state index in [2.05, 4.69) is 17.2 Å². The molecular weight excluding hydrogens is 200 g/mol. The molecule has 2 aromatic rings. The molecule has 3 rings (SSSR count). The first kappa shape index (κ1) is 9.63. The van der Waals surface area contributed by atoms with Gasteiger partial charge >= 0.3 is 0 Å². The molecule has 84 valence electrons. The third-order valence-electron chi connectivity index (χ3n) is 3.46. The van der Waals surface area contributed by atoms with Gasteiger partial charge in [-0.05, 0) is 36.8 Å². The van der Waals surface area contributed by atoms with Crippen molar-refractivity contribution >= 4 is 16.7 Å². The van der Waals surface area contributed by atoms with E-state index in [0.29, 0.717) is 11.6 Å². The number of fused-ring (bicyclic) bond motifs is 1. The minimum absolute atomic E-state index is 0.686. The second-order valence-electron chi connectivity index (χ2n) is 4.80. The average Bonchev–Trinajstić information content (AvgIpc) is 3.04. The molecule has 1 aromatic heterocycles. The van der Waals surface area contributed by atoms with Crippen molar-refractivity contribution in [2.24, 2.45) is 11.8 Å². The summed E-state index contributed by atoms with van der Waals surface area (Å²) in [5, 5.41) is 8.33. The molecule has 0 spiro atoms. The molecule has 2 N–H and O–H groups in total. The van der Waals surface area contributed by atoms with Crippen molar-refractivity contribution in [3.8, 4) is 0 Å². The molecule has 4 heteroatoms. The van der Waals surface area contributed by atoms with Crippen molar-refractivity contribution in [2.75, 3.05) is 5.73 Å². The van der Waals surface area contributed by atoms with Gasteiger partial charge in [0.2, 0.25) is 0 Å². The maximum absolute atomic E-state index is 5.86. The molecule has 4 nitrogen and oxygen atoms in total. The van der Waals surface area contributed by atoms with E-state index in [1.807, 2.05) is 22.9 Å². The molecule has 1 heterocycles. The number of anilines is 1. The molecule has 1 aliphatic rings. The summed E-state index contributed by atoms with van der Waals surface area (Å²) >= 11 is 0. The summed E-state index contributed by atoms with van der Waals surface area (Å²) in [7, 11) is 0. The highest BCUT2D eigenvalue weighted by Crippen LogP contribution is 2.37. The predicted octanol–water partition coefficient (Wildman–Crippen LogP) is 2.06. The second-order valence-corrected chi connectivity index (χ2v) is 4.80. The lowest BCUT2D eigenvalue weighted by Crippen LogP contribution is -2.10. The highest BCUT2D eigenvalue weighted by atomic mass is 15.4. The molecule has 0 amide bonds. The first-order valence-electron chi connectivity index (χ1n) is 5.83. The van der Waals surface area contributed by atoms with Crippen LogP contribution in [0.4, 0.5) is 5.69 Å². The number of rotatable bonds is 3. The van der Waals surface area contributed by atoms with Crippen LogP contribution >= 0.6 is 0 Å². The molecule has 1 atom stereocenters. The monoisotopic (exact) mass is 216 g/mol. The van der Waals surface area contributed by atoms with Crippen LogP contribution in [0.5, 0.6) is 0 Å². The van der Waals surface area contributed by atoms with Gasteiger partial charge in [0, 0.05) is 6.54 Å². The van der Waals surface area contributed by atoms with Crippen LogP contribution in [0.15, 0.2) is 18.2 Å². The summed E-state index contributed by atoms with van der Waals surface area (Å²) in [6, 6.07) is 5.86. The fourth-order valence-corrected chi connectivity index (χ4v) is 2.23. The normalized spacial score (nSPS) is 17.8. The Morgan fingerprint density at radius 2 is 2.31 bits per heavy atom. The van der Waals surface area contributed by atoms with E-state index in [-0.39, 0.29) is 0 Å². The van der Waals surface area contributed by atoms with Gasteiger partial charge in [0.25, 0.3) is 0 Å². The lowest BCUT2D eigenvalue weighted by molar-refractivity contribution is 0.407. The maximum atomic E-state index is 5.86. The number of hydrogen-bond donors (Lipinski definition) is 1. The second kappa shape index (κ2) is 3.47. The van der Waals surface area contributed by atoms with E-state index in [1.165, 1.54) is 12.8 Å². The predicted molar refractivity (Wildman–Crippen MR) is 63.8 cm³/mol. The molecule has 1 saturated carbocycles. The Kier molecular flexibility index (Phi) is 2.09. The van der Waals surface area contributed by atoms with Gasteiger partial charge in [-0.15, -0.1) is 5.10 Å². The first-order valence-corrected chi connectivity index (χ1v) is 5.83. The van der Waals surface area contributed by atoms with E-state index >= 15 is 0 Å². The van der Waals surface area contributed by atoms with Crippen molar-refractivity contribution < 1.29 is 0 Å². The van der Waals surface area contributed by atoms with Gasteiger partial charge in [-0.1, -0.05) is 18.2 Å². The molecule has 0 radical (unpaired) electrons. The third-order valence-corrected chi connectivity index (χ3v) is 3.46. The fraction of sp³-hybridized carbons (Fsp3) is 0.500. The van der Waals surface area contributed by atoms with E-state index in [1.54, 1.807) is 0 Å². The molecule has 1 aliphatic carbocycles. The van der Waals surface area contributed by atoms with Gasteiger partial charge in [0.15, 0.2) is 0 Å². The molecule has 16 heavy (non-hydrogen) atoms. The van der Waals surface area contributed by atoms with Crippen LogP contribution in [0.3, 0.4) is 0 Å². The van der Waals surface area contributed by atoms with Crippen LogP contribution in [-0.4, -0.2) is 15.0 Å². The zero-order valence-electron chi connectivity index (χ0n) is 9.43. The Bertz CT molecular complexity index is 513. The number of hydrogen-bond acceptors (Lipinski definition) is 3. The molecule has 0 bridgehead atoms. The minimum Gasteiger partial charge on any atom is -0.397 e. The van der Waals surface area contributed by atoms with Gasteiger partial charge in [0.05, 0.1) is 11.2 Å². The summed E-state index contributed by atoms with van der Waals surface area (Å²) in [5.41, 5.74) is 8.44. The standard InChI is InChI=1S/C12H16N4/c1-8(9-5-6-9)7-16-11-4-2-3-10(13)12(11)14-15-16/h2-4,8-9H,5-7,13H2,1H3. The van der Waals surface area contributed by atoms with E-state index in [4.69, 9.17) is 5.73 Å². The summed E-state index contributed by atoms with van der Waals surface area (Å²) in [6.45, 7) is 3.24. The average molecular weight is 216 g/mol. The van der Waals surface area contributed by atoms with Gasteiger partial charge in [-0.3, -0.25) is 0 Å². The fourth-order valence-electron chi connectivity index (χ4n) is 2.23. The van der Waals surface area contributed by atoms with Crippen LogP contribution in [0.25, 0.3) is 11.0 Å². The molecule has 0 saturated heterocycles. The Balaban J connectivity index is 1.94. The summed E-state index contributed by atoms with van der Waals surface area (Å²) < 4.78 is 1.98. The van der Waals surface area contributed by atoms with Crippen molar-refractivity contribution in [2.45, 2.75) is 26.3 Å². The molecule has 0 aliphatic heterocycles. The van der Waals surface area contributed by atoms with Crippen molar-refractivity contribution in [1.82, 2.24) is 15.0 Å². The number of nitrogens with two attached hydrogens (primary N) is 1. The number of benzene rings is 1. The quantitative estimate of drug-likeness (QED) is 0.799. The molecule has 1 aromatic carbocycles. The molecule has 1 unspecified atom stereocenters. The molecular formula is C12H16N4. The van der Waals surface area contributed by atoms with E-state index < -0.39 is 0 Å². The Morgan fingerprint density at radius 3 is 3.06 bits per heavy atom. The summed E-state index contributed by atoms with van der Waals surface area (Å²) in [4.78, 5) is 0. The Morgan fingerprint density at radius 1 is 1.50 bits per heavy atom. The van der Waals surface area contributed by atoms with Crippen molar-refractivity contribution in [3.05, 3.63) is 18.2 Å². The zero-order valence-corrected chi connectivity index (χ0v) is 9.43. The minimum atomic E-state index is 0.686. The van der Waals surface area contributed by atoms with Crippen LogP contribution in [0.1, 0.15) is 19.8 Å². The van der Waals surface area contributed by atoms with Crippen molar-refractivity contribution in [1.29, 1.82) is 0 Å². The van der Waals surface area contributed by atoms with Crippen LogP contribution in [-0.2, 0) is 6.54 Å². The number of nitrogens with zero attached hydrogens (tertiary/aromatic N) is 3. The highest BCUT2D eigenvalue weighted by Gasteiger charge is 2.28. The SMILES string of the molecule is CC(Cn1nnc2c(N)cccc21)C1CC1. The van der Waals surface area contributed by atoms with Crippen LogP contribution in [0.2, 0.25) is 0 Å². The number of aromatic nitrogens is 3. The van der Waals surface area contributed by atoms with E-state index in [9.17, 15) is 0 Å². The lowest BCUT2D eigenvalue weighted by atomic mass is 10.1. The largest absolute Gasteiger partial charge is 0.397 e. The lowest BCUT2D eigenvalue weighted by Gasteiger charge is -2.09. The Labute approximate surface area is 94.4 Å². The Hall–Kier alpha value is -1.58. The zero-order chi connectivity index (χ0) is 11.1. The molecule has 1 fully saturated rings. The van der Waals surface area contributed by atoms with Crippen LogP contribution < -0.4 is 5.73 Å². The smallest absolute Gasteiger partial charge is 0.136 e. The maximum Gasteiger partial charge on any atom is 0.136 e. The number of nitrogen functional groups attached to an aromatic ring is 1. The van der Waals surface area contributed by atoms with Crippen molar-refractivity contribution in [3.63, 3.8) is 0 Å². The third kappa shape index (κ3) is 1.54. The van der Waals surface area contributed by atoms with E-state index in [0.717, 1.165) is 23.5 Å². The first-order chi connectivity index (χ1) is 7.75. The van der Waals surface area contributed by atoms with Gasteiger partial charge in [0.1, 0.15) is 5.52 Å². The van der Waals surface area contributed by atoms with Gasteiger partial charge in [-0.25, -0.2) is 4.68 Å². The van der Waals surface area contributed by atoms with Gasteiger partial charge in [-0.2, -0.15) is 0 Å². The van der Waals surface area contributed by atoms with Gasteiger partial charge < -0.3 is 5.73 Å².